The lowest BCUT2D eigenvalue weighted by Gasteiger charge is -2.30. The lowest BCUT2D eigenvalue weighted by atomic mass is 10.1. The molecule has 1 aliphatic carbocycles. The second kappa shape index (κ2) is 7.20. The molecular formula is C17H31N5O. The number of nitrogens with one attached hydrogen (secondary N) is 1. The Balaban J connectivity index is 1.64. The molecule has 3 rings (SSSR count). The number of aromatic nitrogens is 2. The smallest absolute Gasteiger partial charge is 0.131 e. The summed E-state index contributed by atoms with van der Waals surface area (Å²) in [6.07, 6.45) is 2.77. The second-order valence-electron chi connectivity index (χ2n) is 7.11. The molecule has 1 N–H and O–H groups in total. The van der Waals surface area contributed by atoms with Gasteiger partial charge < -0.3 is 19.9 Å². The number of hydrogen-bond donors (Lipinski definition) is 1. The van der Waals surface area contributed by atoms with Gasteiger partial charge in [0.05, 0.1) is 18.9 Å². The Labute approximate surface area is 139 Å². The minimum Gasteiger partial charge on any atom is -0.378 e. The fourth-order valence-corrected chi connectivity index (χ4v) is 3.66. The average molecular weight is 321 g/mol. The maximum absolute atomic E-state index is 5.49. The van der Waals surface area contributed by atoms with E-state index in [1.54, 1.807) is 0 Å². The zero-order valence-corrected chi connectivity index (χ0v) is 15.0. The Hall–Kier alpha value is -1.11. The van der Waals surface area contributed by atoms with E-state index >= 15 is 0 Å². The van der Waals surface area contributed by atoms with Crippen LogP contribution < -0.4 is 10.2 Å². The van der Waals surface area contributed by atoms with Crippen LogP contribution in [0.4, 0.5) is 5.82 Å². The van der Waals surface area contributed by atoms with Crippen molar-refractivity contribution in [3.63, 3.8) is 0 Å². The monoisotopic (exact) mass is 321 g/mol. The summed E-state index contributed by atoms with van der Waals surface area (Å²) in [6, 6.07) is 0.652. The van der Waals surface area contributed by atoms with E-state index in [4.69, 9.17) is 4.74 Å². The maximum atomic E-state index is 5.49. The van der Waals surface area contributed by atoms with Gasteiger partial charge in [-0.15, -0.1) is 0 Å². The van der Waals surface area contributed by atoms with Crippen molar-refractivity contribution in [2.75, 3.05) is 51.8 Å². The summed E-state index contributed by atoms with van der Waals surface area (Å²) in [5, 5.41) is 8.34. The lowest BCUT2D eigenvalue weighted by Crippen LogP contribution is -2.40. The minimum absolute atomic E-state index is 0.652. The molecule has 23 heavy (non-hydrogen) atoms. The first-order chi connectivity index (χ1) is 11.1. The van der Waals surface area contributed by atoms with E-state index in [0.717, 1.165) is 51.0 Å². The van der Waals surface area contributed by atoms with Crippen molar-refractivity contribution >= 4 is 5.82 Å². The summed E-state index contributed by atoms with van der Waals surface area (Å²) in [7, 11) is 6.44. The molecule has 0 bridgehead atoms. The lowest BCUT2D eigenvalue weighted by molar-refractivity contribution is 0.122. The average Bonchev–Trinajstić information content (AvgIpc) is 3.30. The number of rotatable bonds is 7. The van der Waals surface area contributed by atoms with Gasteiger partial charge in [-0.3, -0.25) is 4.68 Å². The molecule has 2 heterocycles. The Morgan fingerprint density at radius 3 is 2.61 bits per heavy atom. The van der Waals surface area contributed by atoms with Crippen molar-refractivity contribution in [3.8, 4) is 0 Å². The van der Waals surface area contributed by atoms with E-state index in [1.807, 2.05) is 11.7 Å². The van der Waals surface area contributed by atoms with Gasteiger partial charge in [0.2, 0.25) is 0 Å². The molecule has 1 aliphatic heterocycles. The van der Waals surface area contributed by atoms with E-state index < -0.39 is 0 Å². The molecule has 0 radical (unpaired) electrons. The highest BCUT2D eigenvalue weighted by molar-refractivity contribution is 5.50. The Morgan fingerprint density at radius 1 is 1.30 bits per heavy atom. The zero-order valence-electron chi connectivity index (χ0n) is 15.0. The Morgan fingerprint density at radius 2 is 2.00 bits per heavy atom. The molecule has 2 fully saturated rings. The summed E-state index contributed by atoms with van der Waals surface area (Å²) in [5.74, 6) is 2.14. The van der Waals surface area contributed by atoms with Crippen molar-refractivity contribution in [2.24, 2.45) is 13.0 Å². The van der Waals surface area contributed by atoms with E-state index in [0.29, 0.717) is 6.04 Å². The van der Waals surface area contributed by atoms with Crippen LogP contribution in [0.15, 0.2) is 0 Å². The van der Waals surface area contributed by atoms with Gasteiger partial charge in [-0.25, -0.2) is 0 Å². The molecule has 1 aromatic heterocycles. The first kappa shape index (κ1) is 16.7. The van der Waals surface area contributed by atoms with Gasteiger partial charge in [0.25, 0.3) is 0 Å². The molecule has 130 valence electrons. The number of anilines is 1. The highest BCUT2D eigenvalue weighted by Gasteiger charge is 2.32. The van der Waals surface area contributed by atoms with Crippen LogP contribution in [0.3, 0.4) is 0 Å². The maximum Gasteiger partial charge on any atom is 0.131 e. The van der Waals surface area contributed by atoms with Crippen molar-refractivity contribution < 1.29 is 4.74 Å². The van der Waals surface area contributed by atoms with Gasteiger partial charge in [-0.2, -0.15) is 5.10 Å². The van der Waals surface area contributed by atoms with Gasteiger partial charge in [0, 0.05) is 44.8 Å². The van der Waals surface area contributed by atoms with Crippen LogP contribution in [0.25, 0.3) is 0 Å². The minimum atomic E-state index is 0.652. The predicted molar refractivity (Wildman–Crippen MR) is 92.9 cm³/mol. The van der Waals surface area contributed by atoms with E-state index in [-0.39, 0.29) is 0 Å². The van der Waals surface area contributed by atoms with E-state index in [9.17, 15) is 0 Å². The normalized spacial score (nSPS) is 20.3. The van der Waals surface area contributed by atoms with Crippen LogP contribution >= 0.6 is 0 Å². The third kappa shape index (κ3) is 3.87. The number of ether oxygens (including phenoxy) is 1. The van der Waals surface area contributed by atoms with Crippen LogP contribution in [0.1, 0.15) is 24.1 Å². The summed E-state index contributed by atoms with van der Waals surface area (Å²) < 4.78 is 7.52. The largest absolute Gasteiger partial charge is 0.378 e. The fraction of sp³-hybridized carbons (Fsp3) is 0.824. The van der Waals surface area contributed by atoms with Crippen LogP contribution in [0, 0.1) is 12.8 Å². The third-order valence-electron chi connectivity index (χ3n) is 5.11. The molecule has 1 saturated carbocycles. The van der Waals surface area contributed by atoms with Gasteiger partial charge >= 0.3 is 0 Å². The topological polar surface area (TPSA) is 45.6 Å². The first-order valence-corrected chi connectivity index (χ1v) is 8.80. The number of hydrogen-bond acceptors (Lipinski definition) is 5. The number of morpholine rings is 1. The first-order valence-electron chi connectivity index (χ1n) is 8.80. The molecule has 0 aromatic carbocycles. The van der Waals surface area contributed by atoms with Crippen molar-refractivity contribution in [2.45, 2.75) is 32.4 Å². The van der Waals surface area contributed by atoms with Crippen LogP contribution in [-0.2, 0) is 18.3 Å². The van der Waals surface area contributed by atoms with Gasteiger partial charge in [0.1, 0.15) is 5.82 Å². The number of likely N-dealkylation sites (N-methyl/N-ethyl adjacent to an activating group) is 1. The molecule has 0 spiro atoms. The van der Waals surface area contributed by atoms with Gasteiger partial charge in [-0.1, -0.05) is 0 Å². The summed E-state index contributed by atoms with van der Waals surface area (Å²) in [4.78, 5) is 4.77. The number of aryl methyl sites for hydroxylation is 2. The summed E-state index contributed by atoms with van der Waals surface area (Å²) >= 11 is 0. The van der Waals surface area contributed by atoms with Crippen LogP contribution in [0.5, 0.6) is 0 Å². The predicted octanol–water partition coefficient (Wildman–Crippen LogP) is 0.995. The third-order valence-corrected chi connectivity index (χ3v) is 5.11. The summed E-state index contributed by atoms with van der Waals surface area (Å²) in [6.45, 7) is 7.58. The van der Waals surface area contributed by atoms with Crippen LogP contribution in [0.2, 0.25) is 0 Å². The Bertz CT molecular complexity index is 515. The fourth-order valence-electron chi connectivity index (χ4n) is 3.66. The van der Waals surface area contributed by atoms with Crippen molar-refractivity contribution in [1.82, 2.24) is 20.0 Å². The molecule has 6 nitrogen and oxygen atoms in total. The molecule has 1 saturated heterocycles. The highest BCUT2D eigenvalue weighted by Crippen LogP contribution is 2.34. The molecule has 0 unspecified atom stereocenters. The molecule has 6 heteroatoms. The quantitative estimate of drug-likeness (QED) is 0.812. The Kier molecular flexibility index (Phi) is 5.24. The van der Waals surface area contributed by atoms with Gasteiger partial charge in [0.15, 0.2) is 0 Å². The van der Waals surface area contributed by atoms with Gasteiger partial charge in [-0.05, 0) is 39.8 Å². The second-order valence-corrected chi connectivity index (χ2v) is 7.11. The molecule has 1 atom stereocenters. The van der Waals surface area contributed by atoms with E-state index in [2.05, 4.69) is 41.2 Å². The SMILES string of the molecule is Cc1nn(C)c(N2CCOCC2)c1CNC[C@@H](C1CC1)N(C)C. The molecule has 0 amide bonds. The van der Waals surface area contributed by atoms with Crippen LogP contribution in [-0.4, -0.2) is 67.7 Å². The van der Waals surface area contributed by atoms with Crippen molar-refractivity contribution in [3.05, 3.63) is 11.3 Å². The molecular weight excluding hydrogens is 290 g/mol. The highest BCUT2D eigenvalue weighted by atomic mass is 16.5. The molecule has 1 aromatic rings. The van der Waals surface area contributed by atoms with E-state index in [1.165, 1.54) is 24.2 Å². The zero-order chi connectivity index (χ0) is 16.4. The molecule has 2 aliphatic rings. The summed E-state index contributed by atoms with van der Waals surface area (Å²) in [5.41, 5.74) is 2.47. The standard InChI is InChI=1S/C17H31N5O/c1-13-15(11-18-12-16(20(2)3)14-5-6-14)17(21(4)19-13)22-7-9-23-10-8-22/h14,16,18H,5-12H2,1-4H3/t16-/m0/s1. The number of nitrogens with zero attached hydrogens (tertiary/aromatic N) is 4. The van der Waals surface area contributed by atoms with Crippen molar-refractivity contribution in [1.29, 1.82) is 0 Å².